The molecule has 1 N–H and O–H groups in total. The fourth-order valence-corrected chi connectivity index (χ4v) is 1.87. The largest absolute Gasteiger partial charge is 0.322 e. The normalized spacial score (nSPS) is 9.94. The second kappa shape index (κ2) is 5.64. The first kappa shape index (κ1) is 11.9. The number of carbonyl (C=O) groups excluding carboxylic acids is 1. The highest BCUT2D eigenvalue weighted by atomic mass is 79.9. The quantitative estimate of drug-likeness (QED) is 0.855. The number of nitrogens with one attached hydrogen (secondary N) is 1. The molecule has 0 radical (unpaired) electrons. The Kier molecular flexibility index (Phi) is 3.94. The van der Waals surface area contributed by atoms with E-state index in [0.29, 0.717) is 5.56 Å². The van der Waals surface area contributed by atoms with Gasteiger partial charge in [-0.2, -0.15) is 0 Å². The Labute approximate surface area is 109 Å². The van der Waals surface area contributed by atoms with E-state index in [0.717, 1.165) is 16.6 Å². The molecule has 2 rings (SSSR count). The number of hydrogen-bond donors (Lipinski definition) is 1. The maximum absolute atomic E-state index is 12.0. The van der Waals surface area contributed by atoms with E-state index in [1.54, 1.807) is 0 Å². The Balaban J connectivity index is 2.14. The third-order valence-corrected chi connectivity index (χ3v) is 3.02. The molecule has 17 heavy (non-hydrogen) atoms. The predicted molar refractivity (Wildman–Crippen MR) is 73.5 cm³/mol. The average molecular weight is 290 g/mol. The van der Waals surface area contributed by atoms with Crippen LogP contribution in [0.3, 0.4) is 0 Å². The minimum Gasteiger partial charge on any atom is -0.322 e. The molecule has 0 heterocycles. The minimum absolute atomic E-state index is 0.0843. The van der Waals surface area contributed by atoms with Gasteiger partial charge in [-0.25, -0.2) is 0 Å². The fraction of sp³-hybridized carbons (Fsp3) is 0.0714. The highest BCUT2D eigenvalue weighted by Crippen LogP contribution is 2.12. The summed E-state index contributed by atoms with van der Waals surface area (Å²) in [5, 5.41) is 3.60. The molecule has 0 fully saturated rings. The van der Waals surface area contributed by atoms with Crippen LogP contribution in [0.1, 0.15) is 15.9 Å². The second-order valence-electron chi connectivity index (χ2n) is 3.65. The second-order valence-corrected chi connectivity index (χ2v) is 4.21. The van der Waals surface area contributed by atoms with Crippen LogP contribution < -0.4 is 5.32 Å². The van der Waals surface area contributed by atoms with Gasteiger partial charge in [0, 0.05) is 16.6 Å². The monoisotopic (exact) mass is 289 g/mol. The summed E-state index contributed by atoms with van der Waals surface area (Å²) in [5.41, 5.74) is 2.57. The van der Waals surface area contributed by atoms with Gasteiger partial charge in [0.15, 0.2) is 0 Å². The van der Waals surface area contributed by atoms with Crippen LogP contribution >= 0.6 is 15.9 Å². The van der Waals surface area contributed by atoms with Crippen LogP contribution in [0.4, 0.5) is 5.69 Å². The van der Waals surface area contributed by atoms with Gasteiger partial charge in [0.2, 0.25) is 0 Å². The van der Waals surface area contributed by atoms with Gasteiger partial charge in [0.05, 0.1) is 0 Å². The molecule has 0 aliphatic heterocycles. The van der Waals surface area contributed by atoms with Crippen LogP contribution in [0, 0.1) is 0 Å². The van der Waals surface area contributed by atoms with Crippen molar-refractivity contribution in [3.63, 3.8) is 0 Å². The molecule has 0 aromatic heterocycles. The molecule has 3 heteroatoms. The van der Waals surface area contributed by atoms with Crippen LogP contribution in [0.5, 0.6) is 0 Å². The standard InChI is InChI=1S/C14H12BrNO/c15-10-11-5-4-6-12(9-11)14(17)16-13-7-2-1-3-8-13/h1-9H,10H2,(H,16,17). The number of halogens is 1. The zero-order valence-corrected chi connectivity index (χ0v) is 10.8. The van der Waals surface area contributed by atoms with Gasteiger partial charge in [-0.15, -0.1) is 0 Å². The molecule has 2 nitrogen and oxygen atoms in total. The number of para-hydroxylation sites is 1. The van der Waals surface area contributed by atoms with Crippen LogP contribution in [-0.4, -0.2) is 5.91 Å². The van der Waals surface area contributed by atoms with E-state index in [4.69, 9.17) is 0 Å². The third kappa shape index (κ3) is 3.17. The topological polar surface area (TPSA) is 29.1 Å². The number of benzene rings is 2. The number of alkyl halides is 1. The van der Waals surface area contributed by atoms with Crippen molar-refractivity contribution >= 4 is 27.5 Å². The van der Waals surface area contributed by atoms with Gasteiger partial charge in [-0.1, -0.05) is 46.3 Å². The van der Waals surface area contributed by atoms with Crippen molar-refractivity contribution in [1.82, 2.24) is 0 Å². The van der Waals surface area contributed by atoms with E-state index in [-0.39, 0.29) is 5.91 Å². The van der Waals surface area contributed by atoms with Crippen molar-refractivity contribution in [3.8, 4) is 0 Å². The van der Waals surface area contributed by atoms with Gasteiger partial charge in [0.25, 0.3) is 5.91 Å². The zero-order chi connectivity index (χ0) is 12.1. The van der Waals surface area contributed by atoms with E-state index in [9.17, 15) is 4.79 Å². The molecule has 2 aromatic carbocycles. The fourth-order valence-electron chi connectivity index (χ4n) is 1.52. The average Bonchev–Trinajstić information content (AvgIpc) is 2.40. The SMILES string of the molecule is O=C(Nc1ccccc1)c1cccc(CBr)c1. The number of anilines is 1. The number of amides is 1. The van der Waals surface area contributed by atoms with Gasteiger partial charge in [-0.3, -0.25) is 4.79 Å². The molecule has 0 unspecified atom stereocenters. The molecular weight excluding hydrogens is 278 g/mol. The summed E-state index contributed by atoms with van der Waals surface area (Å²) in [6.07, 6.45) is 0. The molecule has 2 aromatic rings. The third-order valence-electron chi connectivity index (χ3n) is 2.38. The number of carbonyl (C=O) groups is 1. The summed E-state index contributed by atoms with van der Waals surface area (Å²) < 4.78 is 0. The number of rotatable bonds is 3. The van der Waals surface area contributed by atoms with Crippen molar-refractivity contribution in [2.24, 2.45) is 0 Å². The van der Waals surface area contributed by atoms with Gasteiger partial charge in [-0.05, 0) is 29.8 Å². The van der Waals surface area contributed by atoms with E-state index in [1.807, 2.05) is 54.6 Å². The van der Waals surface area contributed by atoms with Crippen LogP contribution in [0.25, 0.3) is 0 Å². The van der Waals surface area contributed by atoms with Crippen molar-refractivity contribution in [2.45, 2.75) is 5.33 Å². The van der Waals surface area contributed by atoms with Crippen molar-refractivity contribution in [3.05, 3.63) is 65.7 Å². The lowest BCUT2D eigenvalue weighted by molar-refractivity contribution is 0.102. The highest BCUT2D eigenvalue weighted by Gasteiger charge is 2.05. The van der Waals surface area contributed by atoms with Crippen LogP contribution in [0.15, 0.2) is 54.6 Å². The van der Waals surface area contributed by atoms with E-state index in [2.05, 4.69) is 21.2 Å². The molecule has 0 bridgehead atoms. The minimum atomic E-state index is -0.0843. The lowest BCUT2D eigenvalue weighted by atomic mass is 10.1. The Morgan fingerprint density at radius 1 is 1.06 bits per heavy atom. The summed E-state index contributed by atoms with van der Waals surface area (Å²) >= 11 is 3.38. The smallest absolute Gasteiger partial charge is 0.255 e. The molecule has 0 saturated heterocycles. The molecule has 0 spiro atoms. The van der Waals surface area contributed by atoms with Gasteiger partial charge in [0.1, 0.15) is 0 Å². The predicted octanol–water partition coefficient (Wildman–Crippen LogP) is 3.83. The van der Waals surface area contributed by atoms with Crippen LogP contribution in [0.2, 0.25) is 0 Å². The van der Waals surface area contributed by atoms with E-state index >= 15 is 0 Å². The first-order valence-electron chi connectivity index (χ1n) is 5.31. The molecule has 0 aliphatic rings. The Bertz CT molecular complexity index is 511. The van der Waals surface area contributed by atoms with Gasteiger partial charge >= 0.3 is 0 Å². The van der Waals surface area contributed by atoms with Crippen molar-refractivity contribution < 1.29 is 4.79 Å². The number of hydrogen-bond acceptors (Lipinski definition) is 1. The maximum Gasteiger partial charge on any atom is 0.255 e. The maximum atomic E-state index is 12.0. The van der Waals surface area contributed by atoms with Crippen molar-refractivity contribution in [1.29, 1.82) is 0 Å². The molecular formula is C14H12BrNO. The Morgan fingerprint density at radius 3 is 2.53 bits per heavy atom. The summed E-state index contributed by atoms with van der Waals surface area (Å²) in [5.74, 6) is -0.0843. The molecule has 0 saturated carbocycles. The van der Waals surface area contributed by atoms with E-state index < -0.39 is 0 Å². The Morgan fingerprint density at radius 2 is 1.82 bits per heavy atom. The molecule has 86 valence electrons. The summed E-state index contributed by atoms with van der Waals surface area (Å²) in [4.78, 5) is 12.0. The molecule has 0 aliphatic carbocycles. The summed E-state index contributed by atoms with van der Waals surface area (Å²) in [6, 6.07) is 17.0. The Hall–Kier alpha value is -1.61. The van der Waals surface area contributed by atoms with E-state index in [1.165, 1.54) is 0 Å². The molecule has 1 amide bonds. The van der Waals surface area contributed by atoms with Gasteiger partial charge < -0.3 is 5.32 Å². The molecule has 0 atom stereocenters. The first-order chi connectivity index (χ1) is 8.29. The first-order valence-corrected chi connectivity index (χ1v) is 6.43. The summed E-state index contributed by atoms with van der Waals surface area (Å²) in [6.45, 7) is 0. The zero-order valence-electron chi connectivity index (χ0n) is 9.19. The lowest BCUT2D eigenvalue weighted by Crippen LogP contribution is -2.11. The van der Waals surface area contributed by atoms with Crippen molar-refractivity contribution in [2.75, 3.05) is 5.32 Å². The summed E-state index contributed by atoms with van der Waals surface area (Å²) in [7, 11) is 0. The highest BCUT2D eigenvalue weighted by molar-refractivity contribution is 9.08. The lowest BCUT2D eigenvalue weighted by Gasteiger charge is -2.05. The van der Waals surface area contributed by atoms with Crippen LogP contribution in [-0.2, 0) is 5.33 Å².